The first kappa shape index (κ1) is 13.2. The predicted molar refractivity (Wildman–Crippen MR) is 64.5 cm³/mol. The van der Waals surface area contributed by atoms with Crippen LogP contribution in [0, 0.1) is 0 Å². The number of rotatable bonds is 3. The Bertz CT molecular complexity index is 337. The van der Waals surface area contributed by atoms with Gasteiger partial charge in [0.2, 0.25) is 0 Å². The molecule has 6 heteroatoms. The van der Waals surface area contributed by atoms with Crippen molar-refractivity contribution in [2.24, 2.45) is 0 Å². The molecular formula is C9H9Cl3GeO2. The van der Waals surface area contributed by atoms with Crippen LogP contribution in [0.3, 0.4) is 0 Å². The minimum atomic E-state index is -3.68. The van der Waals surface area contributed by atoms with Crippen LogP contribution in [0.1, 0.15) is 10.3 Å². The summed E-state index contributed by atoms with van der Waals surface area (Å²) in [7, 11) is 15.4. The molecule has 1 rings (SSSR count). The summed E-state index contributed by atoms with van der Waals surface area (Å²) in [5, 5.41) is 0. The van der Waals surface area contributed by atoms with E-state index in [2.05, 4.69) is 4.74 Å². The minimum absolute atomic E-state index is 0.485. The average Bonchev–Trinajstić information content (AvgIpc) is 2.17. The predicted octanol–water partition coefficient (Wildman–Crippen LogP) is 3.14. The van der Waals surface area contributed by atoms with Gasteiger partial charge in [0, 0.05) is 0 Å². The van der Waals surface area contributed by atoms with Crippen molar-refractivity contribution in [2.45, 2.75) is 4.75 Å². The van der Waals surface area contributed by atoms with E-state index in [9.17, 15) is 4.79 Å². The molecule has 0 radical (unpaired) electrons. The van der Waals surface area contributed by atoms with Gasteiger partial charge in [0.25, 0.3) is 0 Å². The monoisotopic (exact) mass is 328 g/mol. The molecule has 0 N–H and O–H groups in total. The molecule has 0 heterocycles. The van der Waals surface area contributed by atoms with Gasteiger partial charge in [-0.3, -0.25) is 0 Å². The van der Waals surface area contributed by atoms with Crippen LogP contribution in [0.5, 0.6) is 0 Å². The van der Waals surface area contributed by atoms with Crippen LogP contribution < -0.4 is 0 Å². The van der Waals surface area contributed by atoms with Gasteiger partial charge in [0.15, 0.2) is 0 Å². The van der Waals surface area contributed by atoms with Gasteiger partial charge in [-0.25, -0.2) is 0 Å². The summed E-state index contributed by atoms with van der Waals surface area (Å²) in [6.45, 7) is 0. The molecular weight excluding hydrogens is 319 g/mol. The summed E-state index contributed by atoms with van der Waals surface area (Å²) >= 11 is 0. The number of benzene rings is 1. The van der Waals surface area contributed by atoms with E-state index in [1.165, 1.54) is 7.11 Å². The SMILES string of the molecule is COC(=O)[CH](c1ccccc1)[Ge]([Cl])([Cl])[Cl]. The Balaban J connectivity index is 3.08. The second-order valence-electron chi connectivity index (χ2n) is 2.91. The molecule has 82 valence electrons. The molecule has 1 aromatic carbocycles. The van der Waals surface area contributed by atoms with Gasteiger partial charge in [-0.2, -0.15) is 0 Å². The number of hydrogen-bond acceptors (Lipinski definition) is 2. The molecule has 1 unspecified atom stereocenters. The van der Waals surface area contributed by atoms with Gasteiger partial charge >= 0.3 is 104 Å². The van der Waals surface area contributed by atoms with E-state index >= 15 is 0 Å². The normalized spacial score (nSPS) is 13.3. The van der Waals surface area contributed by atoms with Crippen molar-refractivity contribution in [2.75, 3.05) is 7.11 Å². The molecule has 0 spiro atoms. The van der Waals surface area contributed by atoms with Crippen molar-refractivity contribution in [3.8, 4) is 0 Å². The summed E-state index contributed by atoms with van der Waals surface area (Å²) in [4.78, 5) is 11.5. The van der Waals surface area contributed by atoms with Crippen LogP contribution in [0.25, 0.3) is 0 Å². The molecule has 0 aliphatic rings. The Morgan fingerprint density at radius 2 is 1.80 bits per heavy atom. The third-order valence-electron chi connectivity index (χ3n) is 1.90. The number of carbonyl (C=O) groups excluding carboxylic acids is 1. The van der Waals surface area contributed by atoms with Gasteiger partial charge in [0.1, 0.15) is 0 Å². The Labute approximate surface area is 103 Å². The number of methoxy groups -OCH3 is 1. The standard InChI is InChI=1S/C9H9Cl3GeO2/c1-15-9(14)8(13(10,11)12)7-5-3-2-4-6-7/h2-6,8H,1H3. The molecule has 0 aliphatic heterocycles. The third kappa shape index (κ3) is 3.56. The van der Waals surface area contributed by atoms with Crippen LogP contribution >= 0.6 is 30.0 Å². The molecule has 1 atom stereocenters. The summed E-state index contributed by atoms with van der Waals surface area (Å²) in [6.07, 6.45) is 0. The van der Waals surface area contributed by atoms with E-state index in [0.29, 0.717) is 5.56 Å². The first-order chi connectivity index (χ1) is 6.96. The quantitative estimate of drug-likeness (QED) is 0.629. The van der Waals surface area contributed by atoms with Crippen LogP contribution in [0.4, 0.5) is 0 Å². The zero-order valence-electron chi connectivity index (χ0n) is 7.91. The number of carbonyl (C=O) groups is 1. The Morgan fingerprint density at radius 1 is 1.27 bits per heavy atom. The van der Waals surface area contributed by atoms with Crippen molar-refractivity contribution in [3.63, 3.8) is 0 Å². The van der Waals surface area contributed by atoms with Crippen molar-refractivity contribution in [1.82, 2.24) is 0 Å². The fourth-order valence-electron chi connectivity index (χ4n) is 1.22. The molecule has 0 aromatic heterocycles. The van der Waals surface area contributed by atoms with Crippen molar-refractivity contribution in [3.05, 3.63) is 35.9 Å². The molecule has 0 saturated carbocycles. The van der Waals surface area contributed by atoms with Gasteiger partial charge in [0.05, 0.1) is 0 Å². The topological polar surface area (TPSA) is 26.3 Å². The maximum absolute atomic E-state index is 11.5. The van der Waals surface area contributed by atoms with Crippen molar-refractivity contribution < 1.29 is 9.53 Å². The third-order valence-corrected chi connectivity index (χ3v) is 7.87. The molecule has 0 aliphatic carbocycles. The second-order valence-corrected chi connectivity index (χ2v) is 18.7. The van der Waals surface area contributed by atoms with Gasteiger partial charge in [-0.05, 0) is 0 Å². The number of esters is 1. The van der Waals surface area contributed by atoms with E-state index in [-0.39, 0.29) is 0 Å². The Hall–Kier alpha value is 0.103. The zero-order valence-corrected chi connectivity index (χ0v) is 12.3. The van der Waals surface area contributed by atoms with Crippen LogP contribution in [-0.4, -0.2) is 23.6 Å². The fraction of sp³-hybridized carbons (Fsp3) is 0.222. The van der Waals surface area contributed by atoms with Gasteiger partial charge < -0.3 is 0 Å². The summed E-state index contributed by atoms with van der Waals surface area (Å²) in [5.74, 6) is -0.485. The molecule has 1 aromatic rings. The number of ether oxygens (including phenoxy) is 1. The van der Waals surface area contributed by atoms with Gasteiger partial charge in [-0.1, -0.05) is 0 Å². The van der Waals surface area contributed by atoms with Crippen molar-refractivity contribution in [1.29, 1.82) is 0 Å². The van der Waals surface area contributed by atoms with E-state index < -0.39 is 21.2 Å². The summed E-state index contributed by atoms with van der Waals surface area (Å²) in [5.41, 5.74) is 0.698. The van der Waals surface area contributed by atoms with Crippen molar-refractivity contribution >= 4 is 46.5 Å². The van der Waals surface area contributed by atoms with Crippen LogP contribution in [-0.2, 0) is 9.53 Å². The maximum atomic E-state index is 11.5. The summed E-state index contributed by atoms with van der Waals surface area (Å²) in [6, 6.07) is 8.94. The van der Waals surface area contributed by atoms with Crippen LogP contribution in [0.2, 0.25) is 0 Å². The first-order valence-corrected chi connectivity index (χ1v) is 13.6. The van der Waals surface area contributed by atoms with Gasteiger partial charge in [-0.15, -0.1) is 0 Å². The van der Waals surface area contributed by atoms with E-state index in [0.717, 1.165) is 0 Å². The number of halogens is 3. The number of hydrogen-bond donors (Lipinski definition) is 0. The van der Waals surface area contributed by atoms with E-state index in [1.807, 2.05) is 6.07 Å². The second kappa shape index (κ2) is 5.44. The summed E-state index contributed by atoms with van der Waals surface area (Å²) < 4.78 is 3.93. The molecule has 15 heavy (non-hydrogen) atoms. The van der Waals surface area contributed by atoms with E-state index in [1.54, 1.807) is 24.3 Å². The van der Waals surface area contributed by atoms with Crippen LogP contribution in [0.15, 0.2) is 30.3 Å². The molecule has 0 saturated heterocycles. The Kier molecular flexibility index (Phi) is 4.77. The molecule has 2 nitrogen and oxygen atoms in total. The Morgan fingerprint density at radius 3 is 2.20 bits per heavy atom. The fourth-order valence-corrected chi connectivity index (χ4v) is 6.58. The molecule has 0 fully saturated rings. The van der Waals surface area contributed by atoms with E-state index in [4.69, 9.17) is 30.0 Å². The molecule has 0 amide bonds. The zero-order chi connectivity index (χ0) is 11.5. The average molecular weight is 328 g/mol. The first-order valence-electron chi connectivity index (χ1n) is 4.16. The molecule has 0 bridgehead atoms.